The third-order valence-corrected chi connectivity index (χ3v) is 8.51. The zero-order valence-corrected chi connectivity index (χ0v) is 19.8. The Hall–Kier alpha value is -2.30. The van der Waals surface area contributed by atoms with Crippen LogP contribution in [0.3, 0.4) is 0 Å². The maximum absolute atomic E-state index is 13.1. The fourth-order valence-electron chi connectivity index (χ4n) is 3.44. The van der Waals surface area contributed by atoms with Crippen molar-refractivity contribution in [2.45, 2.75) is 18.4 Å². The number of halogens is 1. The molecule has 32 heavy (non-hydrogen) atoms. The van der Waals surface area contributed by atoms with Crippen LogP contribution >= 0.6 is 22.9 Å². The van der Waals surface area contributed by atoms with E-state index >= 15 is 0 Å². The molecule has 0 atom stereocenters. The third-order valence-electron chi connectivity index (χ3n) is 5.07. The lowest BCUT2D eigenvalue weighted by Gasteiger charge is -2.27. The maximum Gasteiger partial charge on any atom is 0.263 e. The molecule has 1 aliphatic heterocycles. The fraction of sp³-hybridized carbons (Fsp3) is 0.273. The van der Waals surface area contributed by atoms with Gasteiger partial charge < -0.3 is 10.1 Å². The van der Waals surface area contributed by atoms with Gasteiger partial charge in [0.2, 0.25) is 10.0 Å². The van der Waals surface area contributed by atoms with Crippen LogP contribution in [0.4, 0.5) is 0 Å². The predicted molar refractivity (Wildman–Crippen MR) is 124 cm³/mol. The van der Waals surface area contributed by atoms with E-state index in [2.05, 4.69) is 10.3 Å². The monoisotopic (exact) mass is 491 g/mol. The predicted octanol–water partition coefficient (Wildman–Crippen LogP) is 3.72. The number of morpholine rings is 1. The van der Waals surface area contributed by atoms with E-state index in [0.717, 1.165) is 5.56 Å². The zero-order valence-electron chi connectivity index (χ0n) is 17.4. The summed E-state index contributed by atoms with van der Waals surface area (Å²) in [4.78, 5) is 18.0. The minimum atomic E-state index is -3.67. The third kappa shape index (κ3) is 4.87. The first-order valence-electron chi connectivity index (χ1n) is 10.0. The van der Waals surface area contributed by atoms with Crippen molar-refractivity contribution in [1.29, 1.82) is 0 Å². The van der Waals surface area contributed by atoms with E-state index in [1.165, 1.54) is 15.6 Å². The van der Waals surface area contributed by atoms with Gasteiger partial charge in [0.25, 0.3) is 5.91 Å². The Morgan fingerprint density at radius 3 is 2.69 bits per heavy atom. The highest BCUT2D eigenvalue weighted by Crippen LogP contribution is 2.29. The van der Waals surface area contributed by atoms with Crippen molar-refractivity contribution in [1.82, 2.24) is 14.6 Å². The van der Waals surface area contributed by atoms with E-state index in [4.69, 9.17) is 16.3 Å². The zero-order chi connectivity index (χ0) is 22.7. The molecule has 0 aliphatic carbocycles. The molecule has 7 nitrogen and oxygen atoms in total. The molecule has 1 N–H and O–H groups in total. The van der Waals surface area contributed by atoms with E-state index in [1.807, 2.05) is 12.1 Å². The summed E-state index contributed by atoms with van der Waals surface area (Å²) in [7, 11) is -3.67. The van der Waals surface area contributed by atoms with Crippen LogP contribution in [0.5, 0.6) is 0 Å². The lowest BCUT2D eigenvalue weighted by atomic mass is 10.2. The van der Waals surface area contributed by atoms with Crippen LogP contribution in [0.2, 0.25) is 5.02 Å². The van der Waals surface area contributed by atoms with Crippen LogP contribution in [0.1, 0.15) is 20.9 Å². The number of carbonyl (C=O) groups is 1. The van der Waals surface area contributed by atoms with Crippen LogP contribution in [0.15, 0.2) is 53.4 Å². The number of thiazole rings is 1. The largest absolute Gasteiger partial charge is 0.379 e. The molecule has 0 bridgehead atoms. The Balaban J connectivity index is 1.52. The van der Waals surface area contributed by atoms with Crippen LogP contribution in [-0.4, -0.2) is 49.9 Å². The number of ether oxygens (including phenoxy) is 1. The Morgan fingerprint density at radius 2 is 1.94 bits per heavy atom. The molecule has 0 spiro atoms. The topological polar surface area (TPSA) is 88.6 Å². The molecule has 1 aromatic heterocycles. The van der Waals surface area contributed by atoms with Crippen molar-refractivity contribution >= 4 is 38.9 Å². The molecule has 168 valence electrons. The van der Waals surface area contributed by atoms with Gasteiger partial charge in [-0.1, -0.05) is 41.9 Å². The number of hydrogen-bond donors (Lipinski definition) is 1. The molecule has 0 unspecified atom stereocenters. The van der Waals surface area contributed by atoms with Gasteiger partial charge >= 0.3 is 0 Å². The summed E-state index contributed by atoms with van der Waals surface area (Å²) in [6.45, 7) is 3.24. The second-order valence-corrected chi connectivity index (χ2v) is 10.6. The summed E-state index contributed by atoms with van der Waals surface area (Å²) >= 11 is 7.34. The molecule has 1 amide bonds. The first-order chi connectivity index (χ1) is 15.4. The quantitative estimate of drug-likeness (QED) is 0.567. The summed E-state index contributed by atoms with van der Waals surface area (Å²) in [5.74, 6) is -0.299. The van der Waals surface area contributed by atoms with E-state index < -0.39 is 10.0 Å². The fourth-order valence-corrected chi connectivity index (χ4v) is 6.23. The van der Waals surface area contributed by atoms with Crippen molar-refractivity contribution in [3.63, 3.8) is 0 Å². The van der Waals surface area contributed by atoms with E-state index in [9.17, 15) is 13.2 Å². The molecule has 4 rings (SSSR count). The maximum atomic E-state index is 13.1. The Morgan fingerprint density at radius 1 is 1.19 bits per heavy atom. The summed E-state index contributed by atoms with van der Waals surface area (Å²) in [6, 6.07) is 14.0. The van der Waals surface area contributed by atoms with Crippen LogP contribution in [-0.2, 0) is 21.3 Å². The number of amides is 1. The number of aromatic nitrogens is 1. The number of sulfonamides is 1. The first kappa shape index (κ1) is 22.9. The van der Waals surface area contributed by atoms with E-state index in [1.54, 1.807) is 43.3 Å². The highest BCUT2D eigenvalue weighted by molar-refractivity contribution is 7.89. The van der Waals surface area contributed by atoms with Crippen molar-refractivity contribution in [2.24, 2.45) is 0 Å². The second-order valence-electron chi connectivity index (χ2n) is 7.25. The Labute approximate surface area is 196 Å². The van der Waals surface area contributed by atoms with Crippen LogP contribution in [0, 0.1) is 6.92 Å². The van der Waals surface area contributed by atoms with E-state index in [-0.39, 0.29) is 17.3 Å². The molecule has 0 radical (unpaired) electrons. The normalized spacial score (nSPS) is 14.9. The SMILES string of the molecule is Cc1nc(-c2cccc(Cl)c2)sc1C(=O)NCc1ccccc1S(=O)(=O)N1CCOCC1. The molecule has 1 saturated heterocycles. The lowest BCUT2D eigenvalue weighted by molar-refractivity contribution is 0.0730. The Bertz CT molecular complexity index is 1240. The standard InChI is InChI=1S/C22H22ClN3O4S2/c1-15-20(31-22(25-15)16-6-4-7-18(23)13-16)21(27)24-14-17-5-2-3-8-19(17)32(28,29)26-9-11-30-12-10-26/h2-8,13H,9-12,14H2,1H3,(H,24,27). The lowest BCUT2D eigenvalue weighted by Crippen LogP contribution is -2.41. The molecule has 1 aliphatic rings. The average molecular weight is 492 g/mol. The van der Waals surface area contributed by atoms with Gasteiger partial charge in [0.05, 0.1) is 23.8 Å². The molecule has 2 heterocycles. The van der Waals surface area contributed by atoms with Gasteiger partial charge in [0, 0.05) is 30.2 Å². The molecule has 1 fully saturated rings. The summed E-state index contributed by atoms with van der Waals surface area (Å²) in [5, 5.41) is 4.14. The van der Waals surface area contributed by atoms with Gasteiger partial charge in [-0.2, -0.15) is 4.31 Å². The van der Waals surface area contributed by atoms with Crippen molar-refractivity contribution in [3.8, 4) is 10.6 Å². The van der Waals surface area contributed by atoms with Gasteiger partial charge in [0.1, 0.15) is 9.88 Å². The molecular formula is C22H22ClN3O4S2. The smallest absolute Gasteiger partial charge is 0.263 e. The average Bonchev–Trinajstić information content (AvgIpc) is 3.20. The van der Waals surface area contributed by atoms with Crippen LogP contribution in [0.25, 0.3) is 10.6 Å². The number of rotatable bonds is 6. The Kier molecular flexibility index (Phi) is 6.92. The minimum Gasteiger partial charge on any atom is -0.379 e. The molecule has 0 saturated carbocycles. The minimum absolute atomic E-state index is 0.0857. The van der Waals surface area contributed by atoms with Crippen molar-refractivity contribution < 1.29 is 17.9 Å². The number of aryl methyl sites for hydroxylation is 1. The second kappa shape index (κ2) is 9.68. The highest BCUT2D eigenvalue weighted by Gasteiger charge is 2.28. The number of nitrogens with zero attached hydrogens (tertiary/aromatic N) is 2. The number of benzene rings is 2. The van der Waals surface area contributed by atoms with Crippen molar-refractivity contribution in [2.75, 3.05) is 26.3 Å². The molecule has 10 heteroatoms. The van der Waals surface area contributed by atoms with Crippen molar-refractivity contribution in [3.05, 3.63) is 69.7 Å². The summed E-state index contributed by atoms with van der Waals surface area (Å²) < 4.78 is 32.9. The highest BCUT2D eigenvalue weighted by atomic mass is 35.5. The first-order valence-corrected chi connectivity index (χ1v) is 12.7. The number of hydrogen-bond acceptors (Lipinski definition) is 6. The molecule has 3 aromatic rings. The molecular weight excluding hydrogens is 470 g/mol. The van der Waals surface area contributed by atoms with Gasteiger partial charge in [-0.05, 0) is 30.7 Å². The van der Waals surface area contributed by atoms with Gasteiger partial charge in [0.15, 0.2) is 0 Å². The summed E-state index contributed by atoms with van der Waals surface area (Å²) in [6.07, 6.45) is 0. The van der Waals surface area contributed by atoms with Crippen LogP contribution < -0.4 is 5.32 Å². The number of nitrogens with one attached hydrogen (secondary N) is 1. The van der Waals surface area contributed by atoms with Gasteiger partial charge in [-0.3, -0.25) is 4.79 Å². The van der Waals surface area contributed by atoms with Gasteiger partial charge in [-0.25, -0.2) is 13.4 Å². The van der Waals surface area contributed by atoms with E-state index in [0.29, 0.717) is 52.5 Å². The molecule has 2 aromatic carbocycles. The van der Waals surface area contributed by atoms with Gasteiger partial charge in [-0.15, -0.1) is 11.3 Å². The summed E-state index contributed by atoms with van der Waals surface area (Å²) in [5.41, 5.74) is 1.98. The number of carbonyl (C=O) groups excluding carboxylic acids is 1.